The monoisotopic (exact) mass is 414 g/mol. The Morgan fingerprint density at radius 1 is 1.05 bits per heavy atom. The molecule has 0 amide bonds. The minimum atomic E-state index is 0.495. The Bertz CT molecular complexity index is 674. The Kier molecular flexibility index (Phi) is 3.91. The molecule has 2 aromatic rings. The maximum Gasteiger partial charge on any atom is 0.161 e. The van der Waals surface area contributed by atoms with Crippen molar-refractivity contribution in [1.29, 1.82) is 0 Å². The summed E-state index contributed by atoms with van der Waals surface area (Å²) in [5.41, 5.74) is 4.41. The fourth-order valence-electron chi connectivity index (χ4n) is 2.27. The third kappa shape index (κ3) is 2.66. The van der Waals surface area contributed by atoms with E-state index in [1.54, 1.807) is 0 Å². The molecule has 1 aromatic heterocycles. The first kappa shape index (κ1) is 14.5. The normalized spacial score (nSPS) is 14.7. The first-order chi connectivity index (χ1) is 9.47. The summed E-state index contributed by atoms with van der Waals surface area (Å²) in [6, 6.07) is 4.18. The second-order valence-corrected chi connectivity index (χ2v) is 7.18. The van der Waals surface area contributed by atoms with Crippen LogP contribution < -0.4 is 0 Å². The second-order valence-electron chi connectivity index (χ2n) is 5.24. The van der Waals surface area contributed by atoms with Gasteiger partial charge in [-0.2, -0.15) is 0 Å². The van der Waals surface area contributed by atoms with Gasteiger partial charge in [0.15, 0.2) is 5.82 Å². The van der Waals surface area contributed by atoms with Crippen LogP contribution in [0.2, 0.25) is 5.15 Å². The van der Waals surface area contributed by atoms with E-state index in [2.05, 4.69) is 62.8 Å². The smallest absolute Gasteiger partial charge is 0.161 e. The molecular weight excluding hydrogens is 403 g/mol. The summed E-state index contributed by atoms with van der Waals surface area (Å²) >= 11 is 13.3. The molecule has 5 heteroatoms. The van der Waals surface area contributed by atoms with Gasteiger partial charge in [-0.3, -0.25) is 0 Å². The van der Waals surface area contributed by atoms with Gasteiger partial charge < -0.3 is 0 Å². The summed E-state index contributed by atoms with van der Waals surface area (Å²) in [5, 5.41) is 0.495. The van der Waals surface area contributed by atoms with Crippen LogP contribution in [0.3, 0.4) is 0 Å². The van der Waals surface area contributed by atoms with E-state index < -0.39 is 0 Å². The summed E-state index contributed by atoms with van der Waals surface area (Å²) < 4.78 is 1.97. The molecule has 0 aliphatic heterocycles. The van der Waals surface area contributed by atoms with Crippen molar-refractivity contribution >= 4 is 43.5 Å². The van der Waals surface area contributed by atoms with Gasteiger partial charge in [0.1, 0.15) is 5.15 Å². The molecule has 1 saturated carbocycles. The highest BCUT2D eigenvalue weighted by Gasteiger charge is 2.29. The van der Waals surface area contributed by atoms with Crippen LogP contribution in [-0.4, -0.2) is 9.97 Å². The Morgan fingerprint density at radius 2 is 1.65 bits per heavy atom. The van der Waals surface area contributed by atoms with Crippen molar-refractivity contribution in [3.8, 4) is 11.4 Å². The fraction of sp³-hybridized carbons (Fsp3) is 0.333. The Morgan fingerprint density at radius 3 is 2.20 bits per heavy atom. The summed E-state index contributed by atoms with van der Waals surface area (Å²) in [7, 11) is 0. The zero-order valence-corrected chi connectivity index (χ0v) is 15.1. The molecule has 104 valence electrons. The molecular formula is C15H13Br2ClN2. The van der Waals surface area contributed by atoms with Gasteiger partial charge >= 0.3 is 0 Å². The Labute approximate surface area is 140 Å². The summed E-state index contributed by atoms with van der Waals surface area (Å²) in [5.74, 6) is 1.24. The van der Waals surface area contributed by atoms with E-state index in [1.165, 1.54) is 24.0 Å². The molecule has 0 atom stereocenters. The maximum atomic E-state index is 6.24. The lowest BCUT2D eigenvalue weighted by atomic mass is 10.1. The van der Waals surface area contributed by atoms with Crippen molar-refractivity contribution in [3.63, 3.8) is 0 Å². The molecule has 0 N–H and O–H groups in total. The molecule has 1 fully saturated rings. The average molecular weight is 417 g/mol. The number of hydrogen-bond donors (Lipinski definition) is 0. The van der Waals surface area contributed by atoms with Gasteiger partial charge in [-0.05, 0) is 65.9 Å². The molecule has 1 aliphatic rings. The highest BCUT2D eigenvalue weighted by molar-refractivity contribution is 9.11. The Hall–Kier alpha value is -0.450. The largest absolute Gasteiger partial charge is 0.231 e. The van der Waals surface area contributed by atoms with Gasteiger partial charge in [-0.1, -0.05) is 27.5 Å². The van der Waals surface area contributed by atoms with E-state index >= 15 is 0 Å². The molecule has 2 nitrogen and oxygen atoms in total. The van der Waals surface area contributed by atoms with Crippen molar-refractivity contribution in [2.24, 2.45) is 0 Å². The number of benzene rings is 1. The molecule has 1 aliphatic carbocycles. The average Bonchev–Trinajstić information content (AvgIpc) is 3.22. The summed E-state index contributed by atoms with van der Waals surface area (Å²) in [6.07, 6.45) is 2.37. The van der Waals surface area contributed by atoms with Crippen LogP contribution in [0, 0.1) is 13.8 Å². The number of aryl methyl sites for hydroxylation is 2. The molecule has 0 unspecified atom stereocenters. The van der Waals surface area contributed by atoms with Gasteiger partial charge in [0.2, 0.25) is 0 Å². The first-order valence-corrected chi connectivity index (χ1v) is 8.44. The van der Waals surface area contributed by atoms with Gasteiger partial charge in [-0.25, -0.2) is 9.97 Å². The van der Waals surface area contributed by atoms with E-state index in [4.69, 9.17) is 16.6 Å². The number of aromatic nitrogens is 2. The third-order valence-electron chi connectivity index (χ3n) is 3.50. The predicted molar refractivity (Wildman–Crippen MR) is 89.3 cm³/mol. The minimum absolute atomic E-state index is 0.495. The number of halogens is 3. The number of nitrogens with zero attached hydrogens (tertiary/aromatic N) is 2. The SMILES string of the molecule is Cc1cc(-c2nc(Cl)c(Br)c(C3CC3)n2)cc(C)c1Br. The lowest BCUT2D eigenvalue weighted by molar-refractivity contribution is 0.979. The van der Waals surface area contributed by atoms with Crippen LogP contribution in [0.4, 0.5) is 0 Å². The van der Waals surface area contributed by atoms with Crippen molar-refractivity contribution in [1.82, 2.24) is 9.97 Å². The quantitative estimate of drug-likeness (QED) is 0.577. The van der Waals surface area contributed by atoms with Crippen molar-refractivity contribution < 1.29 is 0 Å². The molecule has 0 radical (unpaired) electrons. The van der Waals surface area contributed by atoms with E-state index in [-0.39, 0.29) is 0 Å². The van der Waals surface area contributed by atoms with Crippen LogP contribution in [-0.2, 0) is 0 Å². The lowest BCUT2D eigenvalue weighted by Gasteiger charge is -2.10. The second kappa shape index (κ2) is 5.39. The zero-order chi connectivity index (χ0) is 14.4. The van der Waals surface area contributed by atoms with Gasteiger partial charge in [-0.15, -0.1) is 0 Å². The molecule has 20 heavy (non-hydrogen) atoms. The van der Waals surface area contributed by atoms with E-state index in [0.29, 0.717) is 16.9 Å². The number of hydrogen-bond acceptors (Lipinski definition) is 2. The fourth-order valence-corrected chi connectivity index (χ4v) is 3.17. The highest BCUT2D eigenvalue weighted by Crippen LogP contribution is 2.44. The molecule has 1 heterocycles. The third-order valence-corrected chi connectivity index (χ3v) is 6.03. The predicted octanol–water partition coefficient (Wildman–Crippen LogP) is 5.82. The Balaban J connectivity index is 2.15. The topological polar surface area (TPSA) is 25.8 Å². The maximum absolute atomic E-state index is 6.24. The standard InChI is InChI=1S/C15H13Br2ClN2/c1-7-5-10(6-8(2)11(7)16)15-19-13(9-3-4-9)12(17)14(18)20-15/h5-6,9H,3-4H2,1-2H3. The van der Waals surface area contributed by atoms with E-state index in [0.717, 1.165) is 20.2 Å². The lowest BCUT2D eigenvalue weighted by Crippen LogP contribution is -1.98. The summed E-state index contributed by atoms with van der Waals surface area (Å²) in [4.78, 5) is 9.14. The van der Waals surface area contributed by atoms with Gasteiger partial charge in [0.05, 0.1) is 10.2 Å². The van der Waals surface area contributed by atoms with Crippen molar-refractivity contribution in [2.45, 2.75) is 32.6 Å². The van der Waals surface area contributed by atoms with Crippen LogP contribution in [0.1, 0.15) is 35.6 Å². The van der Waals surface area contributed by atoms with Crippen LogP contribution in [0.5, 0.6) is 0 Å². The highest BCUT2D eigenvalue weighted by atomic mass is 79.9. The molecule has 3 rings (SSSR count). The molecule has 0 saturated heterocycles. The van der Waals surface area contributed by atoms with Crippen molar-refractivity contribution in [2.75, 3.05) is 0 Å². The van der Waals surface area contributed by atoms with E-state index in [1.807, 2.05) is 0 Å². The van der Waals surface area contributed by atoms with Crippen molar-refractivity contribution in [3.05, 3.63) is 43.1 Å². The van der Waals surface area contributed by atoms with E-state index in [9.17, 15) is 0 Å². The van der Waals surface area contributed by atoms with Gasteiger partial charge in [0, 0.05) is 16.0 Å². The zero-order valence-electron chi connectivity index (χ0n) is 11.2. The minimum Gasteiger partial charge on any atom is -0.231 e. The molecule has 0 spiro atoms. The van der Waals surface area contributed by atoms with Gasteiger partial charge in [0.25, 0.3) is 0 Å². The van der Waals surface area contributed by atoms with Crippen LogP contribution >= 0.6 is 43.5 Å². The molecule has 0 bridgehead atoms. The molecule has 1 aromatic carbocycles. The van der Waals surface area contributed by atoms with Crippen LogP contribution in [0.25, 0.3) is 11.4 Å². The number of rotatable bonds is 2. The summed E-state index contributed by atoms with van der Waals surface area (Å²) in [6.45, 7) is 4.14. The first-order valence-electron chi connectivity index (χ1n) is 6.47. The van der Waals surface area contributed by atoms with Crippen LogP contribution in [0.15, 0.2) is 21.1 Å².